The van der Waals surface area contributed by atoms with Crippen molar-refractivity contribution in [1.29, 1.82) is 0 Å². The Morgan fingerprint density at radius 1 is 1.00 bits per heavy atom. The monoisotopic (exact) mass is 471 g/mol. The molecule has 1 saturated heterocycles. The molecular formula is C27H33N7O. The van der Waals surface area contributed by atoms with Gasteiger partial charge in [-0.3, -0.25) is 4.98 Å². The van der Waals surface area contributed by atoms with Crippen molar-refractivity contribution in [2.24, 2.45) is 7.05 Å². The first-order chi connectivity index (χ1) is 16.5. The summed E-state index contributed by atoms with van der Waals surface area (Å²) in [5, 5.41) is 24.4. The van der Waals surface area contributed by atoms with Crippen LogP contribution in [0, 0.1) is 0 Å². The molecule has 8 nitrogen and oxygen atoms in total. The Bertz CT molecular complexity index is 1360. The topological polar surface area (TPSA) is 92.0 Å². The highest BCUT2D eigenvalue weighted by Crippen LogP contribution is 2.35. The highest BCUT2D eigenvalue weighted by Gasteiger charge is 2.39. The van der Waals surface area contributed by atoms with Gasteiger partial charge < -0.3 is 19.9 Å². The van der Waals surface area contributed by atoms with Crippen molar-refractivity contribution in [1.82, 2.24) is 30.0 Å². The number of hydrogen-bond donors (Lipinski definition) is 2. The third kappa shape index (κ3) is 4.71. The second-order valence-corrected chi connectivity index (χ2v) is 11.1. The van der Waals surface area contributed by atoms with Crippen molar-refractivity contribution in [2.45, 2.75) is 57.7 Å². The van der Waals surface area contributed by atoms with Crippen molar-refractivity contribution in [3.05, 3.63) is 49.1 Å². The number of piperidine rings is 1. The first kappa shape index (κ1) is 23.2. The summed E-state index contributed by atoms with van der Waals surface area (Å²) in [4.78, 5) is 11.2. The van der Waals surface area contributed by atoms with Crippen molar-refractivity contribution >= 4 is 16.7 Å². The molecule has 0 radical (unpaired) electrons. The Hall–Kier alpha value is -3.52. The minimum absolute atomic E-state index is 0.0487. The van der Waals surface area contributed by atoms with Crippen LogP contribution < -0.4 is 10.2 Å². The summed E-state index contributed by atoms with van der Waals surface area (Å²) < 4.78 is 1.90. The molecule has 0 atom stereocenters. The molecule has 182 valence electrons. The maximum absolute atomic E-state index is 10.7. The summed E-state index contributed by atoms with van der Waals surface area (Å²) in [6.45, 7) is 9.00. The molecule has 1 aliphatic rings. The van der Waals surface area contributed by atoms with Gasteiger partial charge in [0.1, 0.15) is 5.75 Å². The fourth-order valence-electron chi connectivity index (χ4n) is 5.46. The number of imidazole rings is 1. The van der Waals surface area contributed by atoms with E-state index in [1.165, 1.54) is 0 Å². The van der Waals surface area contributed by atoms with Gasteiger partial charge in [-0.2, -0.15) is 0 Å². The van der Waals surface area contributed by atoms with Gasteiger partial charge in [-0.15, -0.1) is 10.2 Å². The number of aromatic nitrogens is 5. The molecule has 0 spiro atoms. The molecule has 5 rings (SSSR count). The van der Waals surface area contributed by atoms with Crippen molar-refractivity contribution in [3.63, 3.8) is 0 Å². The molecule has 0 amide bonds. The van der Waals surface area contributed by atoms with E-state index in [-0.39, 0.29) is 16.8 Å². The molecular weight excluding hydrogens is 438 g/mol. The third-order valence-electron chi connectivity index (χ3n) is 6.80. The number of hydrogen-bond acceptors (Lipinski definition) is 7. The number of aryl methyl sites for hydroxylation is 1. The normalized spacial score (nSPS) is 17.5. The SMILES string of the molecule is CN(c1ccc(-c2cc3cc(-c4cn(C)cn4)cnc3cc2O)nn1)C1CC(C)(C)NC(C)(C)C1. The van der Waals surface area contributed by atoms with Gasteiger partial charge in [0.2, 0.25) is 0 Å². The number of benzene rings is 1. The molecule has 0 aliphatic carbocycles. The maximum atomic E-state index is 10.7. The van der Waals surface area contributed by atoms with E-state index in [0.29, 0.717) is 22.8 Å². The molecule has 8 heteroatoms. The van der Waals surface area contributed by atoms with Gasteiger partial charge in [-0.1, -0.05) is 0 Å². The fourth-order valence-corrected chi connectivity index (χ4v) is 5.46. The van der Waals surface area contributed by atoms with Gasteiger partial charge in [0.05, 0.1) is 23.2 Å². The molecule has 1 aromatic carbocycles. The predicted molar refractivity (Wildman–Crippen MR) is 139 cm³/mol. The van der Waals surface area contributed by atoms with E-state index in [2.05, 4.69) is 65.1 Å². The smallest absolute Gasteiger partial charge is 0.151 e. The van der Waals surface area contributed by atoms with Gasteiger partial charge in [0.15, 0.2) is 5.82 Å². The zero-order valence-electron chi connectivity index (χ0n) is 21.2. The second kappa shape index (κ2) is 8.30. The van der Waals surface area contributed by atoms with Crippen LogP contribution >= 0.6 is 0 Å². The molecule has 0 saturated carbocycles. The number of rotatable bonds is 4. The summed E-state index contributed by atoms with van der Waals surface area (Å²) in [6.07, 6.45) is 7.54. The lowest BCUT2D eigenvalue weighted by molar-refractivity contribution is 0.160. The van der Waals surface area contributed by atoms with Crippen LogP contribution in [0.1, 0.15) is 40.5 Å². The number of pyridine rings is 1. The third-order valence-corrected chi connectivity index (χ3v) is 6.80. The zero-order chi connectivity index (χ0) is 25.0. The van der Waals surface area contributed by atoms with E-state index in [1.54, 1.807) is 18.6 Å². The van der Waals surface area contributed by atoms with Crippen molar-refractivity contribution in [3.8, 4) is 28.3 Å². The Morgan fingerprint density at radius 3 is 2.37 bits per heavy atom. The zero-order valence-corrected chi connectivity index (χ0v) is 21.2. The van der Waals surface area contributed by atoms with Crippen LogP contribution in [-0.2, 0) is 7.05 Å². The Balaban J connectivity index is 1.43. The highest BCUT2D eigenvalue weighted by molar-refractivity contribution is 5.89. The molecule has 1 fully saturated rings. The van der Waals surface area contributed by atoms with Crippen LogP contribution in [-0.4, -0.2) is 54.0 Å². The summed E-state index contributed by atoms with van der Waals surface area (Å²) in [5.41, 5.74) is 3.84. The standard InChI is InChI=1S/C27H33N7O/c1-26(2)12-19(13-27(3,4)32-26)34(6)25-8-7-21(30-31-25)20-10-17-9-18(23-15-33(5)16-29-23)14-28-22(17)11-24(20)35/h7-11,14-16,19,32,35H,12-13H2,1-6H3. The highest BCUT2D eigenvalue weighted by atomic mass is 16.3. The van der Waals surface area contributed by atoms with Crippen LogP contribution in [0.2, 0.25) is 0 Å². The van der Waals surface area contributed by atoms with E-state index in [1.807, 2.05) is 42.1 Å². The number of anilines is 1. The summed E-state index contributed by atoms with van der Waals surface area (Å²) >= 11 is 0. The lowest BCUT2D eigenvalue weighted by atomic mass is 9.79. The predicted octanol–water partition coefficient (Wildman–Crippen LogP) is 4.54. The first-order valence-electron chi connectivity index (χ1n) is 12.0. The lowest BCUT2D eigenvalue weighted by Gasteiger charge is -2.49. The van der Waals surface area contributed by atoms with E-state index < -0.39 is 0 Å². The lowest BCUT2D eigenvalue weighted by Crippen LogP contribution is -2.62. The van der Waals surface area contributed by atoms with Crippen LogP contribution in [0.4, 0.5) is 5.82 Å². The average Bonchev–Trinajstić information content (AvgIpc) is 3.22. The van der Waals surface area contributed by atoms with E-state index >= 15 is 0 Å². The van der Waals surface area contributed by atoms with Crippen LogP contribution in [0.15, 0.2) is 49.1 Å². The Labute approximate surface area is 206 Å². The number of phenolic OH excluding ortho intramolecular Hbond substituents is 1. The fraction of sp³-hybridized carbons (Fsp3) is 0.407. The molecule has 0 unspecified atom stereocenters. The van der Waals surface area contributed by atoms with Crippen LogP contribution in [0.3, 0.4) is 0 Å². The molecule has 35 heavy (non-hydrogen) atoms. The number of nitrogens with one attached hydrogen (secondary N) is 1. The molecule has 0 bridgehead atoms. The number of fused-ring (bicyclic) bond motifs is 1. The van der Waals surface area contributed by atoms with Crippen LogP contribution in [0.25, 0.3) is 33.4 Å². The van der Waals surface area contributed by atoms with Crippen molar-refractivity contribution < 1.29 is 5.11 Å². The first-order valence-corrected chi connectivity index (χ1v) is 12.0. The Morgan fingerprint density at radius 2 is 1.74 bits per heavy atom. The van der Waals surface area contributed by atoms with Gasteiger partial charge in [-0.05, 0) is 64.8 Å². The number of nitrogens with zero attached hydrogens (tertiary/aromatic N) is 6. The largest absolute Gasteiger partial charge is 0.507 e. The van der Waals surface area contributed by atoms with Gasteiger partial charge in [0, 0.05) is 66.2 Å². The quantitative estimate of drug-likeness (QED) is 0.451. The van der Waals surface area contributed by atoms with E-state index in [9.17, 15) is 5.11 Å². The molecule has 3 aromatic heterocycles. The van der Waals surface area contributed by atoms with Gasteiger partial charge in [0.25, 0.3) is 0 Å². The summed E-state index contributed by atoms with van der Waals surface area (Å²) in [5.74, 6) is 0.958. The number of phenols is 1. The molecule has 4 heterocycles. The van der Waals surface area contributed by atoms with E-state index in [4.69, 9.17) is 0 Å². The van der Waals surface area contributed by atoms with Crippen LogP contribution in [0.5, 0.6) is 5.75 Å². The average molecular weight is 472 g/mol. The minimum atomic E-state index is 0.0487. The second-order valence-electron chi connectivity index (χ2n) is 11.1. The summed E-state index contributed by atoms with van der Waals surface area (Å²) in [7, 11) is 4.03. The molecule has 4 aromatic rings. The van der Waals surface area contributed by atoms with Gasteiger partial charge in [-0.25, -0.2) is 4.98 Å². The van der Waals surface area contributed by atoms with Crippen molar-refractivity contribution in [2.75, 3.05) is 11.9 Å². The molecule has 2 N–H and O–H groups in total. The van der Waals surface area contributed by atoms with E-state index in [0.717, 1.165) is 35.3 Å². The maximum Gasteiger partial charge on any atom is 0.151 e. The summed E-state index contributed by atoms with van der Waals surface area (Å²) in [6, 6.07) is 9.88. The van der Waals surface area contributed by atoms with Gasteiger partial charge >= 0.3 is 0 Å². The molecule has 1 aliphatic heterocycles. The minimum Gasteiger partial charge on any atom is -0.507 e. The Kier molecular flexibility index (Phi) is 5.51. The number of aromatic hydroxyl groups is 1.